The second-order valence-electron chi connectivity index (χ2n) is 6.45. The Labute approximate surface area is 156 Å². The molecular weight excluding hydrogens is 345 g/mol. The first-order valence-corrected chi connectivity index (χ1v) is 8.88. The zero-order valence-electron chi connectivity index (χ0n) is 14.6. The Balaban J connectivity index is 0.00000288. The molecule has 1 aromatic carbocycles. The lowest BCUT2D eigenvalue weighted by atomic mass is 9.93. The molecule has 1 saturated heterocycles. The minimum Gasteiger partial charge on any atom is -0.348 e. The van der Waals surface area contributed by atoms with Crippen LogP contribution in [0.15, 0.2) is 24.3 Å². The lowest BCUT2D eigenvalue weighted by Crippen LogP contribution is -2.42. The molecule has 6 heteroatoms. The molecule has 1 amide bonds. The van der Waals surface area contributed by atoms with Gasteiger partial charge in [0.15, 0.2) is 0 Å². The van der Waals surface area contributed by atoms with Crippen molar-refractivity contribution in [2.24, 2.45) is 5.92 Å². The number of rotatable bonds is 7. The summed E-state index contributed by atoms with van der Waals surface area (Å²) in [4.78, 5) is 14.5. The Morgan fingerprint density at radius 1 is 1.29 bits per heavy atom. The van der Waals surface area contributed by atoms with E-state index in [2.05, 4.69) is 15.5 Å². The number of hydrogen-bond donors (Lipinski definition) is 2. The van der Waals surface area contributed by atoms with Crippen LogP contribution in [0.2, 0.25) is 5.02 Å². The SMILES string of the molecule is CNCCC1CCN(CC(=O)NC(C)c2ccc(Cl)cc2)CC1.Cl. The predicted molar refractivity (Wildman–Crippen MR) is 103 cm³/mol. The number of benzene rings is 1. The van der Waals surface area contributed by atoms with E-state index in [4.69, 9.17) is 11.6 Å². The standard InChI is InChI=1S/C18H28ClN3O.ClH/c1-14(16-3-5-17(19)6-4-16)21-18(23)13-22-11-8-15(9-12-22)7-10-20-2;/h3-6,14-15,20H,7-13H2,1-2H3,(H,21,23);1H. The molecule has 136 valence electrons. The van der Waals surface area contributed by atoms with Crippen molar-refractivity contribution in [1.29, 1.82) is 0 Å². The fourth-order valence-corrected chi connectivity index (χ4v) is 3.23. The smallest absolute Gasteiger partial charge is 0.234 e. The van der Waals surface area contributed by atoms with Crippen LogP contribution >= 0.6 is 24.0 Å². The van der Waals surface area contributed by atoms with E-state index in [1.165, 1.54) is 19.3 Å². The Morgan fingerprint density at radius 2 is 1.92 bits per heavy atom. The maximum atomic E-state index is 12.2. The highest BCUT2D eigenvalue weighted by atomic mass is 35.5. The maximum absolute atomic E-state index is 12.2. The molecule has 0 aliphatic carbocycles. The van der Waals surface area contributed by atoms with Crippen LogP contribution in [0.1, 0.15) is 37.8 Å². The van der Waals surface area contributed by atoms with Crippen molar-refractivity contribution in [3.63, 3.8) is 0 Å². The number of carbonyl (C=O) groups excluding carboxylic acids is 1. The molecule has 24 heavy (non-hydrogen) atoms. The third-order valence-electron chi connectivity index (χ3n) is 4.62. The van der Waals surface area contributed by atoms with Gasteiger partial charge in [0.2, 0.25) is 5.91 Å². The molecule has 0 spiro atoms. The number of halogens is 2. The van der Waals surface area contributed by atoms with Crippen LogP contribution < -0.4 is 10.6 Å². The lowest BCUT2D eigenvalue weighted by Gasteiger charge is -2.31. The first kappa shape index (κ1) is 21.2. The van der Waals surface area contributed by atoms with E-state index in [1.807, 2.05) is 38.2 Å². The molecule has 1 aromatic rings. The first-order valence-electron chi connectivity index (χ1n) is 8.50. The van der Waals surface area contributed by atoms with Crippen molar-refractivity contribution in [2.45, 2.75) is 32.2 Å². The number of nitrogens with one attached hydrogen (secondary N) is 2. The van der Waals surface area contributed by atoms with Crippen LogP contribution in [0.3, 0.4) is 0 Å². The molecule has 1 fully saturated rings. The summed E-state index contributed by atoms with van der Waals surface area (Å²) < 4.78 is 0. The molecule has 1 aliphatic heterocycles. The number of nitrogens with zero attached hydrogens (tertiary/aromatic N) is 1. The molecule has 1 heterocycles. The van der Waals surface area contributed by atoms with Crippen LogP contribution in [0, 0.1) is 5.92 Å². The molecule has 1 unspecified atom stereocenters. The van der Waals surface area contributed by atoms with Crippen LogP contribution in [0.25, 0.3) is 0 Å². The highest BCUT2D eigenvalue weighted by Gasteiger charge is 2.21. The second kappa shape index (κ2) is 10.9. The normalized spacial score (nSPS) is 17.1. The highest BCUT2D eigenvalue weighted by molar-refractivity contribution is 6.30. The summed E-state index contributed by atoms with van der Waals surface area (Å²) in [5, 5.41) is 7.00. The monoisotopic (exact) mass is 373 g/mol. The largest absolute Gasteiger partial charge is 0.348 e. The second-order valence-corrected chi connectivity index (χ2v) is 6.89. The molecular formula is C18H29Cl2N3O. The summed E-state index contributed by atoms with van der Waals surface area (Å²) >= 11 is 5.90. The molecule has 0 radical (unpaired) electrons. The van der Waals surface area contributed by atoms with Crippen molar-refractivity contribution >= 4 is 29.9 Å². The third kappa shape index (κ3) is 6.98. The molecule has 2 rings (SSSR count). The maximum Gasteiger partial charge on any atom is 0.234 e. The van der Waals surface area contributed by atoms with Crippen LogP contribution in [0.4, 0.5) is 0 Å². The number of carbonyl (C=O) groups is 1. The van der Waals surface area contributed by atoms with Crippen LogP contribution in [-0.2, 0) is 4.79 Å². The summed E-state index contributed by atoms with van der Waals surface area (Å²) in [6, 6.07) is 7.64. The molecule has 4 nitrogen and oxygen atoms in total. The summed E-state index contributed by atoms with van der Waals surface area (Å²) in [6.45, 7) is 5.64. The van der Waals surface area contributed by atoms with E-state index in [9.17, 15) is 4.79 Å². The fraction of sp³-hybridized carbons (Fsp3) is 0.611. The predicted octanol–water partition coefficient (Wildman–Crippen LogP) is 3.26. The van der Waals surface area contributed by atoms with Gasteiger partial charge in [-0.15, -0.1) is 12.4 Å². The summed E-state index contributed by atoms with van der Waals surface area (Å²) in [7, 11) is 2.00. The number of piperidine rings is 1. The van der Waals surface area contributed by atoms with E-state index >= 15 is 0 Å². The molecule has 0 bridgehead atoms. The van der Waals surface area contributed by atoms with Crippen LogP contribution in [0.5, 0.6) is 0 Å². The van der Waals surface area contributed by atoms with E-state index in [0.29, 0.717) is 11.6 Å². The molecule has 2 N–H and O–H groups in total. The molecule has 1 atom stereocenters. The fourth-order valence-electron chi connectivity index (χ4n) is 3.11. The zero-order valence-corrected chi connectivity index (χ0v) is 16.1. The Hall–Kier alpha value is -0.810. The topological polar surface area (TPSA) is 44.4 Å². The van der Waals surface area contributed by atoms with Gasteiger partial charge in [-0.3, -0.25) is 9.69 Å². The molecule has 0 saturated carbocycles. The van der Waals surface area contributed by atoms with Gasteiger partial charge in [0.25, 0.3) is 0 Å². The average Bonchev–Trinajstić information content (AvgIpc) is 2.54. The molecule has 0 aromatic heterocycles. The van der Waals surface area contributed by atoms with E-state index in [0.717, 1.165) is 31.1 Å². The van der Waals surface area contributed by atoms with Gasteiger partial charge in [0.1, 0.15) is 0 Å². The van der Waals surface area contributed by atoms with Crippen LogP contribution in [-0.4, -0.2) is 44.0 Å². The number of hydrogen-bond acceptors (Lipinski definition) is 3. The van der Waals surface area contributed by atoms with Gasteiger partial charge in [0, 0.05) is 5.02 Å². The van der Waals surface area contributed by atoms with Crippen molar-refractivity contribution in [2.75, 3.05) is 33.2 Å². The third-order valence-corrected chi connectivity index (χ3v) is 4.88. The molecule has 1 aliphatic rings. The number of amides is 1. The zero-order chi connectivity index (χ0) is 16.7. The Kier molecular flexibility index (Phi) is 9.67. The summed E-state index contributed by atoms with van der Waals surface area (Å²) in [5.41, 5.74) is 1.08. The van der Waals surface area contributed by atoms with Gasteiger partial charge in [0.05, 0.1) is 12.6 Å². The summed E-state index contributed by atoms with van der Waals surface area (Å²) in [6.07, 6.45) is 3.63. The van der Waals surface area contributed by atoms with Gasteiger partial charge >= 0.3 is 0 Å². The van der Waals surface area contributed by atoms with Gasteiger partial charge in [-0.2, -0.15) is 0 Å². The first-order chi connectivity index (χ1) is 11.1. The van der Waals surface area contributed by atoms with Gasteiger partial charge < -0.3 is 10.6 Å². The Bertz CT molecular complexity index is 488. The minimum absolute atomic E-state index is 0. The average molecular weight is 374 g/mol. The van der Waals surface area contributed by atoms with Crippen molar-refractivity contribution in [3.8, 4) is 0 Å². The number of likely N-dealkylation sites (tertiary alicyclic amines) is 1. The summed E-state index contributed by atoms with van der Waals surface area (Å²) in [5.74, 6) is 0.899. The van der Waals surface area contributed by atoms with Crippen molar-refractivity contribution in [1.82, 2.24) is 15.5 Å². The minimum atomic E-state index is 0. The van der Waals surface area contributed by atoms with Crippen molar-refractivity contribution < 1.29 is 4.79 Å². The van der Waals surface area contributed by atoms with Crippen molar-refractivity contribution in [3.05, 3.63) is 34.9 Å². The van der Waals surface area contributed by atoms with E-state index in [1.54, 1.807) is 0 Å². The highest BCUT2D eigenvalue weighted by Crippen LogP contribution is 2.20. The van der Waals surface area contributed by atoms with Gasteiger partial charge in [-0.25, -0.2) is 0 Å². The van der Waals surface area contributed by atoms with E-state index < -0.39 is 0 Å². The van der Waals surface area contributed by atoms with Gasteiger partial charge in [-0.05, 0) is 76.5 Å². The Morgan fingerprint density at radius 3 is 2.50 bits per heavy atom. The van der Waals surface area contributed by atoms with E-state index in [-0.39, 0.29) is 24.4 Å². The lowest BCUT2D eigenvalue weighted by molar-refractivity contribution is -0.123. The van der Waals surface area contributed by atoms with Gasteiger partial charge in [-0.1, -0.05) is 23.7 Å². The quantitative estimate of drug-likeness (QED) is 0.770.